The van der Waals surface area contributed by atoms with Crippen LogP contribution in [0.3, 0.4) is 0 Å². The largest absolute Gasteiger partial charge is 0.457 e. The van der Waals surface area contributed by atoms with E-state index in [1.807, 2.05) is 13.8 Å². The summed E-state index contributed by atoms with van der Waals surface area (Å²) in [4.78, 5) is 25.0. The summed E-state index contributed by atoms with van der Waals surface area (Å²) in [5.41, 5.74) is -0.672. The fourth-order valence-corrected chi connectivity index (χ4v) is 6.06. The van der Waals surface area contributed by atoms with E-state index in [1.54, 1.807) is 13.8 Å². The first-order valence-electron chi connectivity index (χ1n) is 9.44. The minimum atomic E-state index is -3.55. The van der Waals surface area contributed by atoms with Crippen LogP contribution in [-0.2, 0) is 33.4 Å². The normalized spacial score (nSPS) is 35.3. The molecule has 3 aliphatic rings. The number of carbonyl (C=O) groups is 2. The lowest BCUT2D eigenvalue weighted by atomic mass is 9.90. The number of hydrogen-bond acceptors (Lipinski definition) is 7. The Labute approximate surface area is 154 Å². The van der Waals surface area contributed by atoms with Crippen molar-refractivity contribution in [1.29, 1.82) is 0 Å². The van der Waals surface area contributed by atoms with Gasteiger partial charge in [0.25, 0.3) is 10.1 Å². The van der Waals surface area contributed by atoms with Crippen molar-refractivity contribution in [3.05, 3.63) is 0 Å². The van der Waals surface area contributed by atoms with Crippen molar-refractivity contribution in [2.24, 2.45) is 17.3 Å². The van der Waals surface area contributed by atoms with Crippen LogP contribution in [0.15, 0.2) is 0 Å². The van der Waals surface area contributed by atoms with E-state index in [0.29, 0.717) is 32.1 Å². The summed E-state index contributed by atoms with van der Waals surface area (Å²) in [6, 6.07) is 0. The fraction of sp³-hybridized carbons (Fsp3) is 0.889. The monoisotopic (exact) mass is 388 g/mol. The van der Waals surface area contributed by atoms with E-state index in [0.717, 1.165) is 0 Å². The molecule has 1 aliphatic heterocycles. The quantitative estimate of drug-likeness (QED) is 0.487. The topological polar surface area (TPSA) is 96.0 Å². The molecule has 6 atom stereocenters. The Morgan fingerprint density at radius 3 is 2.54 bits per heavy atom. The minimum absolute atomic E-state index is 0.00119. The third kappa shape index (κ3) is 3.26. The zero-order chi connectivity index (χ0) is 19.3. The van der Waals surface area contributed by atoms with Crippen molar-refractivity contribution in [2.45, 2.75) is 83.4 Å². The predicted molar refractivity (Wildman–Crippen MR) is 92.5 cm³/mol. The molecular formula is C18H28O7S. The molecule has 3 fully saturated rings. The molecule has 0 aromatic carbocycles. The lowest BCUT2D eigenvalue weighted by molar-refractivity contribution is -0.181. The summed E-state index contributed by atoms with van der Waals surface area (Å²) in [6.45, 7) is 7.33. The molecule has 0 amide bonds. The van der Waals surface area contributed by atoms with Crippen molar-refractivity contribution in [3.63, 3.8) is 0 Å². The van der Waals surface area contributed by atoms with E-state index >= 15 is 0 Å². The summed E-state index contributed by atoms with van der Waals surface area (Å²) >= 11 is 0. The van der Waals surface area contributed by atoms with E-state index in [4.69, 9.17) is 13.7 Å². The maximum atomic E-state index is 12.6. The molecule has 0 radical (unpaired) electrons. The maximum absolute atomic E-state index is 12.6. The van der Waals surface area contributed by atoms with Gasteiger partial charge in [0, 0.05) is 11.8 Å². The molecule has 2 saturated carbocycles. The van der Waals surface area contributed by atoms with Gasteiger partial charge in [-0.3, -0.25) is 8.98 Å². The van der Waals surface area contributed by atoms with Gasteiger partial charge in [-0.2, -0.15) is 8.42 Å². The Balaban J connectivity index is 1.67. The molecule has 2 aliphatic carbocycles. The molecule has 0 N–H and O–H groups in total. The second-order valence-electron chi connectivity index (χ2n) is 8.31. The number of carbonyl (C=O) groups excluding carboxylic acids is 2. The van der Waals surface area contributed by atoms with Crippen molar-refractivity contribution < 1.29 is 31.7 Å². The summed E-state index contributed by atoms with van der Waals surface area (Å²) in [5.74, 6) is -1.12. The molecule has 26 heavy (non-hydrogen) atoms. The summed E-state index contributed by atoms with van der Waals surface area (Å²) in [6.07, 6.45) is 0.684. The average molecular weight is 388 g/mol. The molecule has 0 aromatic heterocycles. The molecular weight excluding hydrogens is 360 g/mol. The summed E-state index contributed by atoms with van der Waals surface area (Å²) in [5, 5.41) is -0.456. The molecule has 1 heterocycles. The fourth-order valence-electron chi connectivity index (χ4n) is 4.17. The first-order valence-corrected chi connectivity index (χ1v) is 10.9. The van der Waals surface area contributed by atoms with E-state index in [-0.39, 0.29) is 11.8 Å². The van der Waals surface area contributed by atoms with Crippen LogP contribution in [0, 0.1) is 17.3 Å². The molecule has 2 bridgehead atoms. The number of ether oxygens (including phenoxy) is 2. The van der Waals surface area contributed by atoms with Gasteiger partial charge in [-0.1, -0.05) is 20.3 Å². The summed E-state index contributed by atoms with van der Waals surface area (Å²) in [7, 11) is -3.55. The van der Waals surface area contributed by atoms with Gasteiger partial charge in [-0.25, -0.2) is 4.79 Å². The predicted octanol–water partition coefficient (Wildman–Crippen LogP) is 2.18. The van der Waals surface area contributed by atoms with Crippen molar-refractivity contribution in [3.8, 4) is 0 Å². The Morgan fingerprint density at radius 2 is 1.92 bits per heavy atom. The number of hydrogen-bond donors (Lipinski definition) is 0. The molecule has 6 unspecified atom stereocenters. The van der Waals surface area contributed by atoms with Crippen LogP contribution in [0.5, 0.6) is 0 Å². The first kappa shape index (κ1) is 19.6. The van der Waals surface area contributed by atoms with Gasteiger partial charge in [0.2, 0.25) is 0 Å². The molecule has 0 aromatic rings. The average Bonchev–Trinajstić information content (AvgIpc) is 3.18. The van der Waals surface area contributed by atoms with Crippen LogP contribution < -0.4 is 0 Å². The third-order valence-electron chi connectivity index (χ3n) is 6.17. The highest BCUT2D eigenvalue weighted by molar-refractivity contribution is 7.87. The highest BCUT2D eigenvalue weighted by atomic mass is 32.2. The SMILES string of the molecule is CCCC(OC(=O)C(C)(C)CC)C(=O)OC1C2CC3C1OS(=O)(=O)C3C2. The molecule has 1 saturated heterocycles. The van der Waals surface area contributed by atoms with E-state index in [2.05, 4.69) is 0 Å². The lowest BCUT2D eigenvalue weighted by Gasteiger charge is -2.28. The lowest BCUT2D eigenvalue weighted by Crippen LogP contribution is -2.41. The van der Waals surface area contributed by atoms with E-state index < -0.39 is 51.0 Å². The van der Waals surface area contributed by atoms with Crippen molar-refractivity contribution in [2.75, 3.05) is 0 Å². The Morgan fingerprint density at radius 1 is 1.23 bits per heavy atom. The highest BCUT2D eigenvalue weighted by Gasteiger charge is 2.65. The standard InChI is InChI=1S/C18H28O7S/c1-5-7-12(23-17(20)18(3,4)6-2)16(19)24-14-10-8-11-13(9-10)26(21,22)25-15(11)14/h10-15H,5-9H2,1-4H3. The van der Waals surface area contributed by atoms with Gasteiger partial charge in [0.15, 0.2) is 6.10 Å². The van der Waals surface area contributed by atoms with Gasteiger partial charge >= 0.3 is 11.9 Å². The number of esters is 2. The van der Waals surface area contributed by atoms with Crippen molar-refractivity contribution in [1.82, 2.24) is 0 Å². The van der Waals surface area contributed by atoms with Gasteiger partial charge in [0.1, 0.15) is 12.2 Å². The van der Waals surface area contributed by atoms with Gasteiger partial charge < -0.3 is 9.47 Å². The zero-order valence-electron chi connectivity index (χ0n) is 15.8. The van der Waals surface area contributed by atoms with Crippen molar-refractivity contribution >= 4 is 22.1 Å². The highest BCUT2D eigenvalue weighted by Crippen LogP contribution is 2.55. The minimum Gasteiger partial charge on any atom is -0.457 e. The Kier molecular flexibility index (Phi) is 5.11. The first-order chi connectivity index (χ1) is 12.1. The smallest absolute Gasteiger partial charge is 0.347 e. The third-order valence-corrected chi connectivity index (χ3v) is 7.94. The second-order valence-corrected chi connectivity index (χ2v) is 10.1. The Bertz CT molecular complexity index is 684. The molecule has 7 nitrogen and oxygen atoms in total. The second kappa shape index (κ2) is 6.78. The van der Waals surface area contributed by atoms with E-state index in [9.17, 15) is 18.0 Å². The van der Waals surface area contributed by atoms with Crippen LogP contribution in [0.2, 0.25) is 0 Å². The number of rotatable bonds is 7. The maximum Gasteiger partial charge on any atom is 0.347 e. The molecule has 8 heteroatoms. The number of fused-ring (bicyclic) bond motifs is 1. The van der Waals surface area contributed by atoms with Crippen LogP contribution in [-0.4, -0.2) is 43.9 Å². The summed E-state index contributed by atoms with van der Waals surface area (Å²) < 4.78 is 40.3. The van der Waals surface area contributed by atoms with Crippen LogP contribution in [0.1, 0.15) is 59.8 Å². The molecule has 148 valence electrons. The van der Waals surface area contributed by atoms with Crippen LogP contribution in [0.4, 0.5) is 0 Å². The van der Waals surface area contributed by atoms with Gasteiger partial charge in [-0.15, -0.1) is 0 Å². The zero-order valence-corrected chi connectivity index (χ0v) is 16.6. The van der Waals surface area contributed by atoms with Gasteiger partial charge in [-0.05, 0) is 39.5 Å². The molecule has 3 rings (SSSR count). The molecule has 0 spiro atoms. The van der Waals surface area contributed by atoms with E-state index in [1.165, 1.54) is 0 Å². The van der Waals surface area contributed by atoms with Crippen LogP contribution in [0.25, 0.3) is 0 Å². The Hall–Kier alpha value is -1.15. The van der Waals surface area contributed by atoms with Gasteiger partial charge in [0.05, 0.1) is 10.7 Å². The van der Waals surface area contributed by atoms with Crippen LogP contribution >= 0.6 is 0 Å².